The minimum absolute atomic E-state index is 0. The number of guanidine groups is 1. The molecule has 1 heterocycles. The number of nitrogens with zero attached hydrogens (tertiary/aromatic N) is 3. The number of aryl methyl sites for hydroxylation is 1. The fourth-order valence-electron chi connectivity index (χ4n) is 3.16. The quantitative estimate of drug-likeness (QED) is 0.315. The van der Waals surface area contributed by atoms with E-state index in [2.05, 4.69) is 32.5 Å². The second-order valence-electron chi connectivity index (χ2n) is 7.37. The van der Waals surface area contributed by atoms with Crippen LogP contribution in [0.15, 0.2) is 23.2 Å². The van der Waals surface area contributed by atoms with Gasteiger partial charge in [0.2, 0.25) is 0 Å². The first-order valence-electron chi connectivity index (χ1n) is 9.91. The molecule has 0 atom stereocenters. The van der Waals surface area contributed by atoms with Crippen LogP contribution in [0.3, 0.4) is 0 Å². The Hall–Kier alpha value is -1.27. The van der Waals surface area contributed by atoms with E-state index in [1.54, 1.807) is 19.2 Å². The van der Waals surface area contributed by atoms with E-state index in [4.69, 9.17) is 4.74 Å². The molecule has 1 aromatic carbocycles. The van der Waals surface area contributed by atoms with Crippen molar-refractivity contribution in [1.82, 2.24) is 20.4 Å². The molecule has 2 rings (SSSR count). The normalized spacial score (nSPS) is 16.5. The number of ether oxygens (including phenoxy) is 1. The summed E-state index contributed by atoms with van der Waals surface area (Å²) in [6, 6.07) is 5.24. The highest BCUT2D eigenvalue weighted by Gasteiger charge is 2.28. The van der Waals surface area contributed by atoms with Gasteiger partial charge in [-0.1, -0.05) is 12.1 Å². The first-order valence-corrected chi connectivity index (χ1v) is 9.91. The van der Waals surface area contributed by atoms with Gasteiger partial charge in [0.25, 0.3) is 0 Å². The summed E-state index contributed by atoms with van der Waals surface area (Å²) in [5, 5.41) is 6.42. The number of halogens is 4. The predicted octanol–water partition coefficient (Wildman–Crippen LogP) is 2.86. The topological polar surface area (TPSA) is 52.1 Å². The summed E-state index contributed by atoms with van der Waals surface area (Å²) >= 11 is 0. The molecule has 0 aliphatic carbocycles. The van der Waals surface area contributed by atoms with E-state index in [0.717, 1.165) is 51.3 Å². The van der Waals surface area contributed by atoms with Crippen molar-refractivity contribution in [2.75, 3.05) is 60.0 Å². The number of aliphatic imine (C=N–C) groups is 1. The fourth-order valence-corrected chi connectivity index (χ4v) is 3.16. The summed E-state index contributed by atoms with van der Waals surface area (Å²) in [6.45, 7) is 6.83. The van der Waals surface area contributed by atoms with Crippen LogP contribution >= 0.6 is 24.0 Å². The molecule has 1 saturated heterocycles. The average molecular weight is 543 g/mol. The number of hydrogen-bond acceptors (Lipinski definition) is 4. The van der Waals surface area contributed by atoms with Gasteiger partial charge in [-0.3, -0.25) is 4.99 Å². The van der Waals surface area contributed by atoms with Crippen LogP contribution in [-0.2, 0) is 6.54 Å². The molecular weight excluding hydrogens is 510 g/mol. The summed E-state index contributed by atoms with van der Waals surface area (Å²) in [6.07, 6.45) is -3.20. The SMILES string of the molecule is CN=C(NCCN1CCCN(C)CC1)NCc1ccc(C)cc1OCC(F)(F)F.I. The van der Waals surface area contributed by atoms with Crippen LogP contribution < -0.4 is 15.4 Å². The second-order valence-corrected chi connectivity index (χ2v) is 7.37. The Morgan fingerprint density at radius 3 is 2.63 bits per heavy atom. The molecular formula is C20H33F3IN5O. The number of hydrogen-bond donors (Lipinski definition) is 2. The molecule has 30 heavy (non-hydrogen) atoms. The maximum Gasteiger partial charge on any atom is 0.422 e. The molecule has 6 nitrogen and oxygen atoms in total. The van der Waals surface area contributed by atoms with E-state index < -0.39 is 12.8 Å². The molecule has 172 valence electrons. The molecule has 0 spiro atoms. The Morgan fingerprint density at radius 2 is 1.93 bits per heavy atom. The molecule has 1 aliphatic rings. The Morgan fingerprint density at radius 1 is 1.17 bits per heavy atom. The van der Waals surface area contributed by atoms with Crippen molar-refractivity contribution in [3.05, 3.63) is 29.3 Å². The van der Waals surface area contributed by atoms with Crippen LogP contribution in [0, 0.1) is 6.92 Å². The van der Waals surface area contributed by atoms with Gasteiger partial charge < -0.3 is 25.2 Å². The lowest BCUT2D eigenvalue weighted by atomic mass is 10.1. The van der Waals surface area contributed by atoms with Crippen LogP contribution in [0.25, 0.3) is 0 Å². The summed E-state index contributed by atoms with van der Waals surface area (Å²) < 4.78 is 42.5. The van der Waals surface area contributed by atoms with E-state index in [1.807, 2.05) is 13.0 Å². The van der Waals surface area contributed by atoms with Crippen LogP contribution in [0.4, 0.5) is 13.2 Å². The largest absolute Gasteiger partial charge is 0.484 e. The highest BCUT2D eigenvalue weighted by atomic mass is 127. The van der Waals surface area contributed by atoms with E-state index in [9.17, 15) is 13.2 Å². The standard InChI is InChI=1S/C20H32F3N5O.HI/c1-16-5-6-17(18(13-16)29-15-20(21,22)23)14-26-19(24-2)25-7-10-28-9-4-8-27(3)11-12-28;/h5-6,13H,4,7-12,14-15H2,1-3H3,(H2,24,25,26);1H. The number of rotatable bonds is 7. The van der Waals surface area contributed by atoms with Crippen LogP contribution in [0.1, 0.15) is 17.5 Å². The molecule has 1 fully saturated rings. The van der Waals surface area contributed by atoms with Crippen molar-refractivity contribution >= 4 is 29.9 Å². The Labute approximate surface area is 194 Å². The fraction of sp³-hybridized carbons (Fsp3) is 0.650. The van der Waals surface area contributed by atoms with Crippen LogP contribution in [0.5, 0.6) is 5.75 Å². The number of benzene rings is 1. The zero-order chi connectivity index (χ0) is 21.3. The molecule has 2 N–H and O–H groups in total. The molecule has 1 aromatic rings. The third-order valence-corrected chi connectivity index (χ3v) is 4.82. The minimum atomic E-state index is -4.37. The van der Waals surface area contributed by atoms with Crippen molar-refractivity contribution in [2.45, 2.75) is 26.1 Å². The highest BCUT2D eigenvalue weighted by Crippen LogP contribution is 2.23. The first-order chi connectivity index (χ1) is 13.8. The maximum absolute atomic E-state index is 12.5. The third-order valence-electron chi connectivity index (χ3n) is 4.82. The minimum Gasteiger partial charge on any atom is -0.484 e. The van der Waals surface area contributed by atoms with Crippen molar-refractivity contribution in [1.29, 1.82) is 0 Å². The molecule has 10 heteroatoms. The van der Waals surface area contributed by atoms with Crippen molar-refractivity contribution in [3.63, 3.8) is 0 Å². The molecule has 1 aliphatic heterocycles. The van der Waals surface area contributed by atoms with Gasteiger partial charge in [0.1, 0.15) is 5.75 Å². The molecule has 0 unspecified atom stereocenters. The zero-order valence-electron chi connectivity index (χ0n) is 17.9. The van der Waals surface area contributed by atoms with Gasteiger partial charge in [0.05, 0.1) is 0 Å². The van der Waals surface area contributed by atoms with Crippen molar-refractivity contribution in [3.8, 4) is 5.75 Å². The van der Waals surface area contributed by atoms with E-state index >= 15 is 0 Å². The first kappa shape index (κ1) is 26.8. The van der Waals surface area contributed by atoms with E-state index in [0.29, 0.717) is 18.1 Å². The van der Waals surface area contributed by atoms with Crippen molar-refractivity contribution in [2.24, 2.45) is 4.99 Å². The Balaban J connectivity index is 0.00000450. The lowest BCUT2D eigenvalue weighted by Crippen LogP contribution is -2.42. The molecule has 0 radical (unpaired) electrons. The zero-order valence-corrected chi connectivity index (χ0v) is 20.2. The molecule has 0 amide bonds. The van der Waals surface area contributed by atoms with Crippen molar-refractivity contribution < 1.29 is 17.9 Å². The lowest BCUT2D eigenvalue weighted by molar-refractivity contribution is -0.153. The third kappa shape index (κ3) is 10.2. The summed E-state index contributed by atoms with van der Waals surface area (Å²) in [7, 11) is 3.82. The summed E-state index contributed by atoms with van der Waals surface area (Å²) in [5.74, 6) is 0.846. The number of nitrogens with one attached hydrogen (secondary N) is 2. The van der Waals surface area contributed by atoms with E-state index in [-0.39, 0.29) is 29.7 Å². The second kappa shape index (κ2) is 13.2. The van der Waals surface area contributed by atoms with Gasteiger partial charge in [0.15, 0.2) is 12.6 Å². The monoisotopic (exact) mass is 543 g/mol. The molecule has 0 saturated carbocycles. The lowest BCUT2D eigenvalue weighted by Gasteiger charge is -2.21. The summed E-state index contributed by atoms with van der Waals surface area (Å²) in [4.78, 5) is 8.96. The smallest absolute Gasteiger partial charge is 0.422 e. The summed E-state index contributed by atoms with van der Waals surface area (Å²) in [5.41, 5.74) is 1.50. The van der Waals surface area contributed by atoms with Crippen LogP contribution in [0.2, 0.25) is 0 Å². The Bertz CT molecular complexity index is 672. The average Bonchev–Trinajstić information content (AvgIpc) is 2.87. The molecule has 0 aromatic heterocycles. The predicted molar refractivity (Wildman–Crippen MR) is 125 cm³/mol. The Kier molecular flexibility index (Phi) is 11.8. The number of alkyl halides is 3. The number of likely N-dealkylation sites (N-methyl/N-ethyl adjacent to an activating group) is 1. The highest BCUT2D eigenvalue weighted by molar-refractivity contribution is 14.0. The van der Waals surface area contributed by atoms with Gasteiger partial charge in [-0.25, -0.2) is 0 Å². The van der Waals surface area contributed by atoms with Gasteiger partial charge in [-0.2, -0.15) is 13.2 Å². The van der Waals surface area contributed by atoms with Gasteiger partial charge >= 0.3 is 6.18 Å². The van der Waals surface area contributed by atoms with Gasteiger partial charge in [-0.15, -0.1) is 24.0 Å². The van der Waals surface area contributed by atoms with Crippen LogP contribution in [-0.4, -0.2) is 81.9 Å². The van der Waals surface area contributed by atoms with E-state index in [1.165, 1.54) is 0 Å². The molecule has 0 bridgehead atoms. The van der Waals surface area contributed by atoms with Gasteiger partial charge in [0, 0.05) is 45.3 Å². The maximum atomic E-state index is 12.5. The van der Waals surface area contributed by atoms with Gasteiger partial charge in [-0.05, 0) is 45.1 Å².